The summed E-state index contributed by atoms with van der Waals surface area (Å²) in [5.74, 6) is -1.81. The maximum atomic E-state index is 12.3. The average Bonchev–Trinajstić information content (AvgIpc) is 3.57. The molecule has 1 saturated carbocycles. The van der Waals surface area contributed by atoms with Gasteiger partial charge in [-0.15, -0.1) is 0 Å². The van der Waals surface area contributed by atoms with Gasteiger partial charge in [0.25, 0.3) is 0 Å². The molecule has 1 aromatic rings. The standard InChI is InChI=1S/C24H28O12/c25-10-13-15(27)16(28)17(29)21(34-13)35-22-18-23(31,8-9-32-22)19(30)20-24(18,36-20)11-33-14(26)7-6-12-4-2-1-3-5-12/h1-9,13,15-22,25,27-31H,10-11H2. The Kier molecular flexibility index (Phi) is 6.66. The zero-order valence-electron chi connectivity index (χ0n) is 18.9. The Morgan fingerprint density at radius 1 is 1.06 bits per heavy atom. The van der Waals surface area contributed by atoms with Gasteiger partial charge in [0.15, 0.2) is 6.29 Å². The van der Waals surface area contributed by atoms with Crippen LogP contribution in [0.3, 0.4) is 0 Å². The van der Waals surface area contributed by atoms with Crippen molar-refractivity contribution in [2.75, 3.05) is 13.2 Å². The zero-order valence-corrected chi connectivity index (χ0v) is 18.9. The van der Waals surface area contributed by atoms with Gasteiger partial charge in [-0.25, -0.2) is 4.79 Å². The summed E-state index contributed by atoms with van der Waals surface area (Å²) in [4.78, 5) is 12.3. The molecule has 11 unspecified atom stereocenters. The van der Waals surface area contributed by atoms with Gasteiger partial charge in [0.05, 0.1) is 18.8 Å². The predicted octanol–water partition coefficient (Wildman–Crippen LogP) is -2.21. The Bertz CT molecular complexity index is 1010. The number of carbonyl (C=O) groups is 1. The van der Waals surface area contributed by atoms with Gasteiger partial charge in [0, 0.05) is 6.08 Å². The molecule has 0 aromatic heterocycles. The highest BCUT2D eigenvalue weighted by molar-refractivity contribution is 5.87. The highest BCUT2D eigenvalue weighted by Crippen LogP contribution is 2.61. The molecule has 0 amide bonds. The Morgan fingerprint density at radius 3 is 2.53 bits per heavy atom. The van der Waals surface area contributed by atoms with E-state index < -0.39 is 78.9 Å². The van der Waals surface area contributed by atoms with Crippen molar-refractivity contribution in [3.8, 4) is 0 Å². The summed E-state index contributed by atoms with van der Waals surface area (Å²) in [6, 6.07) is 9.10. The number of hydrogen-bond acceptors (Lipinski definition) is 12. The molecule has 12 nitrogen and oxygen atoms in total. The summed E-state index contributed by atoms with van der Waals surface area (Å²) in [5.41, 5.74) is -2.46. The van der Waals surface area contributed by atoms with Gasteiger partial charge in [-0.05, 0) is 17.7 Å². The number of carbonyl (C=O) groups excluding carboxylic acids is 1. The van der Waals surface area contributed by atoms with Crippen LogP contribution in [0.25, 0.3) is 6.08 Å². The maximum absolute atomic E-state index is 12.3. The zero-order chi connectivity index (χ0) is 25.7. The lowest BCUT2D eigenvalue weighted by Crippen LogP contribution is -2.62. The molecule has 3 heterocycles. The largest absolute Gasteiger partial charge is 0.472 e. The molecule has 4 aliphatic rings. The molecule has 1 aliphatic carbocycles. The van der Waals surface area contributed by atoms with E-state index in [1.54, 1.807) is 6.08 Å². The van der Waals surface area contributed by atoms with Crippen LogP contribution < -0.4 is 0 Å². The second-order valence-corrected chi connectivity index (χ2v) is 9.30. The summed E-state index contributed by atoms with van der Waals surface area (Å²) in [5, 5.41) is 61.8. The first kappa shape index (κ1) is 25.3. The lowest BCUT2D eigenvalue weighted by molar-refractivity contribution is -0.350. The van der Waals surface area contributed by atoms with Crippen LogP contribution in [0.2, 0.25) is 0 Å². The normalized spacial score (nSPS) is 45.1. The molecule has 36 heavy (non-hydrogen) atoms. The summed E-state index contributed by atoms with van der Waals surface area (Å²) < 4.78 is 27.7. The Balaban J connectivity index is 1.31. The lowest BCUT2D eigenvalue weighted by Gasteiger charge is -2.45. The smallest absolute Gasteiger partial charge is 0.330 e. The second kappa shape index (κ2) is 9.49. The van der Waals surface area contributed by atoms with Crippen molar-refractivity contribution in [3.05, 3.63) is 54.3 Å². The minimum absolute atomic E-state index is 0.342. The SMILES string of the molecule is O=C(C=Cc1ccccc1)OCC12OC1C(O)C1(O)C=COC(OC3OC(CO)C(O)C(O)C3O)C12. The third-order valence-corrected chi connectivity index (χ3v) is 7.14. The molecule has 0 spiro atoms. The van der Waals surface area contributed by atoms with Crippen molar-refractivity contribution in [1.29, 1.82) is 0 Å². The van der Waals surface area contributed by atoms with Crippen molar-refractivity contribution in [2.45, 2.75) is 60.4 Å². The second-order valence-electron chi connectivity index (χ2n) is 9.30. The number of epoxide rings is 1. The first-order chi connectivity index (χ1) is 17.2. The number of aliphatic hydroxyl groups excluding tert-OH is 5. The van der Waals surface area contributed by atoms with Crippen molar-refractivity contribution in [2.24, 2.45) is 5.92 Å². The third-order valence-electron chi connectivity index (χ3n) is 7.14. The maximum Gasteiger partial charge on any atom is 0.330 e. The number of rotatable bonds is 7. The number of benzene rings is 1. The lowest BCUT2D eigenvalue weighted by atomic mass is 9.81. The molecule has 3 fully saturated rings. The van der Waals surface area contributed by atoms with E-state index >= 15 is 0 Å². The van der Waals surface area contributed by atoms with Crippen LogP contribution in [0.5, 0.6) is 0 Å². The number of esters is 1. The molecule has 0 radical (unpaired) electrons. The topological polar surface area (TPSA) is 188 Å². The van der Waals surface area contributed by atoms with E-state index in [2.05, 4.69) is 0 Å². The molecular weight excluding hydrogens is 480 g/mol. The van der Waals surface area contributed by atoms with Crippen LogP contribution in [-0.4, -0.2) is 110 Å². The van der Waals surface area contributed by atoms with Gasteiger partial charge in [0.1, 0.15) is 54.4 Å². The summed E-state index contributed by atoms with van der Waals surface area (Å²) in [6.07, 6.45) is -6.31. The van der Waals surface area contributed by atoms with E-state index in [-0.39, 0.29) is 6.61 Å². The first-order valence-corrected chi connectivity index (χ1v) is 11.5. The number of hydrogen-bond donors (Lipinski definition) is 6. The van der Waals surface area contributed by atoms with Crippen LogP contribution in [0.4, 0.5) is 0 Å². The first-order valence-electron chi connectivity index (χ1n) is 11.5. The monoisotopic (exact) mass is 508 g/mol. The van der Waals surface area contributed by atoms with E-state index in [0.29, 0.717) is 0 Å². The molecule has 12 heteroatoms. The van der Waals surface area contributed by atoms with E-state index in [1.807, 2.05) is 30.3 Å². The molecule has 6 N–H and O–H groups in total. The van der Waals surface area contributed by atoms with E-state index in [4.69, 9.17) is 23.7 Å². The molecule has 1 aromatic carbocycles. The molecule has 5 rings (SSSR count). The quantitative estimate of drug-likeness (QED) is 0.133. The highest BCUT2D eigenvalue weighted by atomic mass is 16.8. The van der Waals surface area contributed by atoms with Gasteiger partial charge in [-0.2, -0.15) is 0 Å². The summed E-state index contributed by atoms with van der Waals surface area (Å²) in [7, 11) is 0. The number of fused-ring (bicyclic) bond motifs is 3. The van der Waals surface area contributed by atoms with Crippen LogP contribution in [0.15, 0.2) is 48.7 Å². The van der Waals surface area contributed by atoms with Gasteiger partial charge in [-0.1, -0.05) is 30.3 Å². The van der Waals surface area contributed by atoms with Gasteiger partial charge in [-0.3, -0.25) is 0 Å². The minimum atomic E-state index is -1.88. The van der Waals surface area contributed by atoms with E-state index in [9.17, 15) is 35.4 Å². The minimum Gasteiger partial charge on any atom is -0.472 e. The fourth-order valence-corrected chi connectivity index (χ4v) is 5.15. The van der Waals surface area contributed by atoms with Crippen molar-refractivity contribution >= 4 is 12.0 Å². The molecule has 11 atom stereocenters. The van der Waals surface area contributed by atoms with Crippen molar-refractivity contribution in [1.82, 2.24) is 0 Å². The van der Waals surface area contributed by atoms with Crippen LogP contribution in [0.1, 0.15) is 5.56 Å². The summed E-state index contributed by atoms with van der Waals surface area (Å²) in [6.45, 7) is -1.00. The molecule has 3 aliphatic heterocycles. The number of ether oxygens (including phenoxy) is 5. The van der Waals surface area contributed by atoms with Gasteiger partial charge >= 0.3 is 5.97 Å². The molecule has 0 bridgehead atoms. The molecule has 2 saturated heterocycles. The van der Waals surface area contributed by atoms with E-state index in [0.717, 1.165) is 11.8 Å². The van der Waals surface area contributed by atoms with Crippen molar-refractivity contribution in [3.63, 3.8) is 0 Å². The average molecular weight is 508 g/mol. The van der Waals surface area contributed by atoms with Crippen LogP contribution >= 0.6 is 0 Å². The molecular formula is C24H28O12. The Labute approximate surface area is 205 Å². The van der Waals surface area contributed by atoms with E-state index in [1.165, 1.54) is 12.2 Å². The van der Waals surface area contributed by atoms with Gasteiger partial charge < -0.3 is 54.3 Å². The number of aliphatic hydroxyl groups is 6. The fraction of sp³-hybridized carbons (Fsp3) is 0.542. The summed E-state index contributed by atoms with van der Waals surface area (Å²) >= 11 is 0. The molecule has 196 valence electrons. The Hall–Kier alpha value is -2.39. The predicted molar refractivity (Wildman–Crippen MR) is 117 cm³/mol. The van der Waals surface area contributed by atoms with Crippen LogP contribution in [0, 0.1) is 5.92 Å². The van der Waals surface area contributed by atoms with Crippen molar-refractivity contribution < 1.29 is 59.1 Å². The highest BCUT2D eigenvalue weighted by Gasteiger charge is 2.82. The van der Waals surface area contributed by atoms with Crippen LogP contribution in [-0.2, 0) is 28.5 Å². The third kappa shape index (κ3) is 4.14. The fourth-order valence-electron chi connectivity index (χ4n) is 5.15. The Morgan fingerprint density at radius 2 is 1.81 bits per heavy atom. The van der Waals surface area contributed by atoms with Gasteiger partial charge in [0.2, 0.25) is 6.29 Å².